The minimum Gasteiger partial charge on any atom is -0.352 e. The average Bonchev–Trinajstić information content (AvgIpc) is 2.90. The van der Waals surface area contributed by atoms with Gasteiger partial charge in [-0.3, -0.25) is 4.79 Å². The molecule has 1 atom stereocenters. The van der Waals surface area contributed by atoms with Gasteiger partial charge < -0.3 is 5.32 Å². The molecule has 6 nitrogen and oxygen atoms in total. The van der Waals surface area contributed by atoms with Crippen LogP contribution in [0.3, 0.4) is 0 Å². The van der Waals surface area contributed by atoms with Crippen LogP contribution in [-0.4, -0.2) is 37.4 Å². The third-order valence-corrected chi connectivity index (χ3v) is 4.76. The molecule has 1 heterocycles. The van der Waals surface area contributed by atoms with Gasteiger partial charge in [-0.1, -0.05) is 24.6 Å². The van der Waals surface area contributed by atoms with E-state index in [2.05, 4.69) is 20.8 Å². The first-order chi connectivity index (χ1) is 9.24. The maximum atomic E-state index is 11.9. The van der Waals surface area contributed by atoms with Gasteiger partial charge in [0.05, 0.1) is 11.3 Å². The van der Waals surface area contributed by atoms with Gasteiger partial charge >= 0.3 is 0 Å². The number of amides is 1. The number of nitrogens with one attached hydrogen (secondary N) is 1. The number of hydrogen-bond acceptors (Lipinski definition) is 5. The van der Waals surface area contributed by atoms with Gasteiger partial charge in [-0.15, -0.1) is 5.10 Å². The SMILES string of the molecule is C[C@@H](Sc1nnnn1C1CCCC1)C(=O)NC1CC1. The molecule has 0 bridgehead atoms. The van der Waals surface area contributed by atoms with E-state index in [9.17, 15) is 4.79 Å². The second-order valence-corrected chi connectivity index (χ2v) is 6.70. The summed E-state index contributed by atoms with van der Waals surface area (Å²) in [5.41, 5.74) is 0. The van der Waals surface area contributed by atoms with E-state index < -0.39 is 0 Å². The second-order valence-electron chi connectivity index (χ2n) is 5.39. The predicted octanol–water partition coefficient (Wildman–Crippen LogP) is 1.55. The van der Waals surface area contributed by atoms with E-state index in [4.69, 9.17) is 0 Å². The average molecular weight is 281 g/mol. The van der Waals surface area contributed by atoms with Gasteiger partial charge in [-0.25, -0.2) is 4.68 Å². The summed E-state index contributed by atoms with van der Waals surface area (Å²) in [7, 11) is 0. The Labute approximate surface area is 116 Å². The Hall–Kier alpha value is -1.11. The van der Waals surface area contributed by atoms with Crippen molar-refractivity contribution < 1.29 is 4.79 Å². The van der Waals surface area contributed by atoms with Crippen molar-refractivity contribution in [3.8, 4) is 0 Å². The molecular formula is C12H19N5OS. The normalized spacial score (nSPS) is 21.5. The van der Waals surface area contributed by atoms with Crippen LogP contribution in [0, 0.1) is 0 Å². The number of hydrogen-bond donors (Lipinski definition) is 1. The van der Waals surface area contributed by atoms with Crippen LogP contribution in [0.4, 0.5) is 0 Å². The van der Waals surface area contributed by atoms with Gasteiger partial charge in [-0.05, 0) is 43.0 Å². The van der Waals surface area contributed by atoms with E-state index >= 15 is 0 Å². The molecule has 0 unspecified atom stereocenters. The molecule has 0 radical (unpaired) electrons. The minimum atomic E-state index is -0.147. The Morgan fingerprint density at radius 2 is 2.11 bits per heavy atom. The summed E-state index contributed by atoms with van der Waals surface area (Å²) in [5, 5.41) is 15.6. The first-order valence-corrected chi connectivity index (χ1v) is 7.87. The van der Waals surface area contributed by atoms with Gasteiger partial charge in [0.15, 0.2) is 0 Å². The fourth-order valence-electron chi connectivity index (χ4n) is 2.40. The molecule has 0 aromatic carbocycles. The summed E-state index contributed by atoms with van der Waals surface area (Å²) in [4.78, 5) is 11.9. The molecule has 19 heavy (non-hydrogen) atoms. The Morgan fingerprint density at radius 3 is 2.79 bits per heavy atom. The molecule has 2 aliphatic rings. The molecule has 3 rings (SSSR count). The van der Waals surface area contributed by atoms with E-state index in [0.717, 1.165) is 30.8 Å². The zero-order valence-electron chi connectivity index (χ0n) is 11.1. The lowest BCUT2D eigenvalue weighted by Crippen LogP contribution is -2.32. The van der Waals surface area contributed by atoms with E-state index in [-0.39, 0.29) is 11.2 Å². The summed E-state index contributed by atoms with van der Waals surface area (Å²) in [6.45, 7) is 1.91. The summed E-state index contributed by atoms with van der Waals surface area (Å²) in [6, 6.07) is 0.817. The molecule has 0 spiro atoms. The molecule has 1 N–H and O–H groups in total. The van der Waals surface area contributed by atoms with Gasteiger partial charge in [-0.2, -0.15) is 0 Å². The van der Waals surface area contributed by atoms with E-state index in [0.29, 0.717) is 12.1 Å². The van der Waals surface area contributed by atoms with Crippen LogP contribution in [0.2, 0.25) is 0 Å². The molecule has 1 aromatic rings. The maximum absolute atomic E-state index is 11.9. The lowest BCUT2D eigenvalue weighted by Gasteiger charge is -2.14. The molecule has 1 aromatic heterocycles. The zero-order valence-corrected chi connectivity index (χ0v) is 11.9. The Balaban J connectivity index is 1.62. The Morgan fingerprint density at radius 1 is 1.37 bits per heavy atom. The van der Waals surface area contributed by atoms with Crippen molar-refractivity contribution in [2.45, 2.75) is 67.9 Å². The van der Waals surface area contributed by atoms with E-state index in [1.165, 1.54) is 24.6 Å². The molecule has 2 saturated carbocycles. The Bertz CT molecular complexity index is 453. The lowest BCUT2D eigenvalue weighted by molar-refractivity contribution is -0.120. The summed E-state index contributed by atoms with van der Waals surface area (Å²) >= 11 is 1.46. The van der Waals surface area contributed by atoms with Crippen molar-refractivity contribution in [1.29, 1.82) is 0 Å². The van der Waals surface area contributed by atoms with Gasteiger partial charge in [0.2, 0.25) is 11.1 Å². The number of tetrazole rings is 1. The quantitative estimate of drug-likeness (QED) is 0.829. The third kappa shape index (κ3) is 3.08. The summed E-state index contributed by atoms with van der Waals surface area (Å²) in [6.07, 6.45) is 6.99. The van der Waals surface area contributed by atoms with Crippen molar-refractivity contribution >= 4 is 17.7 Å². The van der Waals surface area contributed by atoms with Crippen LogP contribution >= 0.6 is 11.8 Å². The van der Waals surface area contributed by atoms with Crippen LogP contribution in [0.5, 0.6) is 0 Å². The van der Waals surface area contributed by atoms with E-state index in [1.807, 2.05) is 11.6 Å². The van der Waals surface area contributed by atoms with E-state index in [1.54, 1.807) is 0 Å². The Kier molecular flexibility index (Phi) is 3.72. The fourth-order valence-corrected chi connectivity index (χ4v) is 3.27. The third-order valence-electron chi connectivity index (χ3n) is 3.71. The first kappa shape index (κ1) is 12.9. The van der Waals surface area contributed by atoms with Crippen LogP contribution in [-0.2, 0) is 4.79 Å². The monoisotopic (exact) mass is 281 g/mol. The van der Waals surface area contributed by atoms with Gasteiger partial charge in [0.1, 0.15) is 0 Å². The van der Waals surface area contributed by atoms with Crippen LogP contribution in [0.25, 0.3) is 0 Å². The zero-order chi connectivity index (χ0) is 13.2. The first-order valence-electron chi connectivity index (χ1n) is 6.99. The molecular weight excluding hydrogens is 262 g/mol. The smallest absolute Gasteiger partial charge is 0.233 e. The molecule has 7 heteroatoms. The number of thioether (sulfide) groups is 1. The lowest BCUT2D eigenvalue weighted by atomic mass is 10.3. The fraction of sp³-hybridized carbons (Fsp3) is 0.833. The molecule has 0 saturated heterocycles. The predicted molar refractivity (Wildman–Crippen MR) is 71.8 cm³/mol. The second kappa shape index (κ2) is 5.48. The molecule has 104 valence electrons. The summed E-state index contributed by atoms with van der Waals surface area (Å²) < 4.78 is 1.90. The molecule has 0 aliphatic heterocycles. The van der Waals surface area contributed by atoms with Crippen molar-refractivity contribution in [3.05, 3.63) is 0 Å². The van der Waals surface area contributed by atoms with Crippen molar-refractivity contribution in [1.82, 2.24) is 25.5 Å². The highest BCUT2D eigenvalue weighted by atomic mass is 32.2. The molecule has 1 amide bonds. The van der Waals surface area contributed by atoms with Crippen LogP contribution in [0.15, 0.2) is 5.16 Å². The highest BCUT2D eigenvalue weighted by Crippen LogP contribution is 2.32. The standard InChI is InChI=1S/C12H19N5OS/c1-8(11(18)13-9-6-7-9)19-12-14-15-16-17(12)10-4-2-3-5-10/h8-10H,2-7H2,1H3,(H,13,18)/t8-/m1/s1. The number of carbonyl (C=O) groups excluding carboxylic acids is 1. The minimum absolute atomic E-state index is 0.0912. The van der Waals surface area contributed by atoms with Crippen molar-refractivity contribution in [2.24, 2.45) is 0 Å². The highest BCUT2D eigenvalue weighted by Gasteiger charge is 2.28. The number of aromatic nitrogens is 4. The largest absolute Gasteiger partial charge is 0.352 e. The number of carbonyl (C=O) groups is 1. The van der Waals surface area contributed by atoms with Crippen LogP contribution < -0.4 is 5.32 Å². The van der Waals surface area contributed by atoms with Gasteiger partial charge in [0.25, 0.3) is 0 Å². The number of rotatable bonds is 5. The highest BCUT2D eigenvalue weighted by molar-refractivity contribution is 8.00. The maximum Gasteiger partial charge on any atom is 0.233 e. The van der Waals surface area contributed by atoms with Crippen molar-refractivity contribution in [3.63, 3.8) is 0 Å². The topological polar surface area (TPSA) is 72.7 Å². The van der Waals surface area contributed by atoms with Crippen LogP contribution in [0.1, 0.15) is 51.5 Å². The molecule has 2 aliphatic carbocycles. The summed E-state index contributed by atoms with van der Waals surface area (Å²) in [5.74, 6) is 0.0912. The van der Waals surface area contributed by atoms with Crippen molar-refractivity contribution in [2.75, 3.05) is 0 Å². The van der Waals surface area contributed by atoms with Gasteiger partial charge in [0, 0.05) is 6.04 Å². The number of nitrogens with zero attached hydrogens (tertiary/aromatic N) is 4. The molecule has 2 fully saturated rings.